The van der Waals surface area contributed by atoms with Crippen LogP contribution in [0.4, 0.5) is 5.69 Å². The van der Waals surface area contributed by atoms with Gasteiger partial charge < -0.3 is 10.6 Å². The van der Waals surface area contributed by atoms with Gasteiger partial charge >= 0.3 is 0 Å². The second kappa shape index (κ2) is 6.44. The number of anilines is 1. The Balaban J connectivity index is 2.45. The monoisotopic (exact) mass is 345 g/mol. The summed E-state index contributed by atoms with van der Waals surface area (Å²) in [6, 6.07) is 2.59. The third kappa shape index (κ3) is 3.37. The summed E-state index contributed by atoms with van der Waals surface area (Å²) in [6.45, 7) is 5.58. The molecule has 0 aliphatic carbocycles. The Morgan fingerprint density at radius 2 is 2.00 bits per heavy atom. The van der Waals surface area contributed by atoms with Crippen molar-refractivity contribution < 1.29 is 13.2 Å². The summed E-state index contributed by atoms with van der Waals surface area (Å²) in [5.41, 5.74) is 0.821. The van der Waals surface area contributed by atoms with Crippen molar-refractivity contribution in [1.82, 2.24) is 10.0 Å². The molecule has 0 saturated heterocycles. The second-order valence-corrected chi connectivity index (χ2v) is 7.43. The van der Waals surface area contributed by atoms with Crippen LogP contribution in [0.3, 0.4) is 0 Å². The van der Waals surface area contributed by atoms with Gasteiger partial charge in [-0.15, -0.1) is 0 Å². The molecule has 2 unspecified atom stereocenters. The standard InChI is InChI=1S/C14H20ClN3O3S/c1-4-8(3)18-22(20,21)12-6-9-11(7-10(12)15)16-13(5-2)17-14(9)19/h6-8,13,16,18H,4-5H2,1-3H3,(H,17,19). The number of rotatable bonds is 5. The van der Waals surface area contributed by atoms with Crippen LogP contribution in [0.5, 0.6) is 0 Å². The molecule has 22 heavy (non-hydrogen) atoms. The maximum atomic E-state index is 12.4. The molecule has 0 spiro atoms. The third-order valence-electron chi connectivity index (χ3n) is 3.62. The number of fused-ring (bicyclic) bond motifs is 1. The number of amides is 1. The first-order valence-corrected chi connectivity index (χ1v) is 9.07. The van der Waals surface area contributed by atoms with E-state index >= 15 is 0 Å². The topological polar surface area (TPSA) is 87.3 Å². The highest BCUT2D eigenvalue weighted by atomic mass is 35.5. The Kier molecular flexibility index (Phi) is 4.99. The lowest BCUT2D eigenvalue weighted by molar-refractivity contribution is 0.0935. The summed E-state index contributed by atoms with van der Waals surface area (Å²) < 4.78 is 27.3. The van der Waals surface area contributed by atoms with E-state index in [0.29, 0.717) is 18.5 Å². The van der Waals surface area contributed by atoms with Crippen LogP contribution >= 0.6 is 11.6 Å². The zero-order chi connectivity index (χ0) is 16.5. The number of halogens is 1. The quantitative estimate of drug-likeness (QED) is 0.764. The molecule has 1 heterocycles. The third-order valence-corrected chi connectivity index (χ3v) is 5.67. The molecule has 122 valence electrons. The molecular weight excluding hydrogens is 326 g/mol. The van der Waals surface area contributed by atoms with E-state index in [0.717, 1.165) is 0 Å². The first-order chi connectivity index (χ1) is 10.3. The number of carbonyl (C=O) groups excluding carboxylic acids is 1. The fourth-order valence-electron chi connectivity index (χ4n) is 2.14. The molecule has 2 rings (SSSR count). The van der Waals surface area contributed by atoms with Gasteiger partial charge in [-0.3, -0.25) is 4.79 Å². The molecular formula is C14H20ClN3O3S. The highest BCUT2D eigenvalue weighted by Gasteiger charge is 2.28. The van der Waals surface area contributed by atoms with Crippen molar-refractivity contribution in [2.24, 2.45) is 0 Å². The molecule has 0 aromatic heterocycles. The average molecular weight is 346 g/mol. The van der Waals surface area contributed by atoms with E-state index in [-0.39, 0.29) is 33.6 Å². The fourth-order valence-corrected chi connectivity index (χ4v) is 4.02. The minimum Gasteiger partial charge on any atom is -0.365 e. The number of sulfonamides is 1. The minimum absolute atomic E-state index is 0.0832. The van der Waals surface area contributed by atoms with E-state index in [4.69, 9.17) is 11.6 Å². The second-order valence-electron chi connectivity index (χ2n) is 5.34. The molecule has 6 nitrogen and oxygen atoms in total. The lowest BCUT2D eigenvalue weighted by atomic mass is 10.1. The van der Waals surface area contributed by atoms with E-state index < -0.39 is 10.0 Å². The molecule has 1 aliphatic heterocycles. The molecule has 0 saturated carbocycles. The normalized spacial score (nSPS) is 19.1. The number of hydrogen-bond donors (Lipinski definition) is 3. The average Bonchev–Trinajstić information content (AvgIpc) is 2.45. The predicted octanol–water partition coefficient (Wildman–Crippen LogP) is 2.31. The molecule has 3 N–H and O–H groups in total. The first kappa shape index (κ1) is 17.1. The van der Waals surface area contributed by atoms with Crippen LogP contribution in [0.15, 0.2) is 17.0 Å². The van der Waals surface area contributed by atoms with Gasteiger partial charge in [-0.25, -0.2) is 13.1 Å². The highest BCUT2D eigenvalue weighted by Crippen LogP contribution is 2.31. The number of carbonyl (C=O) groups is 1. The number of nitrogens with one attached hydrogen (secondary N) is 3. The molecule has 2 atom stereocenters. The van der Waals surface area contributed by atoms with Crippen molar-refractivity contribution in [2.45, 2.75) is 50.7 Å². The number of hydrogen-bond acceptors (Lipinski definition) is 4. The smallest absolute Gasteiger partial charge is 0.255 e. The first-order valence-electron chi connectivity index (χ1n) is 7.21. The summed E-state index contributed by atoms with van der Waals surface area (Å²) in [5, 5.41) is 5.97. The molecule has 1 aromatic carbocycles. The van der Waals surface area contributed by atoms with Crippen molar-refractivity contribution in [2.75, 3.05) is 5.32 Å². The molecule has 8 heteroatoms. The van der Waals surface area contributed by atoms with Crippen LogP contribution < -0.4 is 15.4 Å². The van der Waals surface area contributed by atoms with Crippen molar-refractivity contribution in [3.05, 3.63) is 22.7 Å². The van der Waals surface area contributed by atoms with Gasteiger partial charge in [0.05, 0.1) is 22.4 Å². The predicted molar refractivity (Wildman–Crippen MR) is 86.7 cm³/mol. The zero-order valence-electron chi connectivity index (χ0n) is 12.7. The summed E-state index contributed by atoms with van der Waals surface area (Å²) >= 11 is 6.12. The van der Waals surface area contributed by atoms with Crippen LogP contribution in [0.1, 0.15) is 44.0 Å². The van der Waals surface area contributed by atoms with Gasteiger partial charge in [-0.2, -0.15) is 0 Å². The van der Waals surface area contributed by atoms with E-state index in [9.17, 15) is 13.2 Å². The van der Waals surface area contributed by atoms with Gasteiger partial charge in [-0.1, -0.05) is 25.4 Å². The van der Waals surface area contributed by atoms with Crippen molar-refractivity contribution in [3.8, 4) is 0 Å². The summed E-state index contributed by atoms with van der Waals surface area (Å²) in [6.07, 6.45) is 1.18. The Bertz CT molecular complexity index is 691. The van der Waals surface area contributed by atoms with Crippen LogP contribution in [0, 0.1) is 0 Å². The van der Waals surface area contributed by atoms with Gasteiger partial charge in [-0.05, 0) is 31.9 Å². The Labute approximate surface area is 135 Å². The van der Waals surface area contributed by atoms with Gasteiger partial charge in [0.15, 0.2) is 0 Å². The SMILES string of the molecule is CCC(C)NS(=O)(=O)c1cc2c(cc1Cl)NC(CC)NC2=O. The van der Waals surface area contributed by atoms with Crippen LogP contribution in [0.25, 0.3) is 0 Å². The van der Waals surface area contributed by atoms with Gasteiger partial charge in [0, 0.05) is 6.04 Å². The molecule has 1 aliphatic rings. The van der Waals surface area contributed by atoms with Crippen LogP contribution in [0.2, 0.25) is 5.02 Å². The number of benzene rings is 1. The minimum atomic E-state index is -3.77. The maximum absolute atomic E-state index is 12.4. The lowest BCUT2D eigenvalue weighted by Crippen LogP contribution is -2.44. The summed E-state index contributed by atoms with van der Waals surface area (Å²) in [5.74, 6) is -0.308. The molecule has 0 fully saturated rings. The van der Waals surface area contributed by atoms with Gasteiger partial charge in [0.2, 0.25) is 10.0 Å². The largest absolute Gasteiger partial charge is 0.365 e. The van der Waals surface area contributed by atoms with Gasteiger partial charge in [0.25, 0.3) is 5.91 Å². The Hall–Kier alpha value is -1.31. The van der Waals surface area contributed by atoms with Crippen LogP contribution in [-0.4, -0.2) is 26.5 Å². The van der Waals surface area contributed by atoms with Crippen LogP contribution in [-0.2, 0) is 10.0 Å². The van der Waals surface area contributed by atoms with Crippen molar-refractivity contribution in [3.63, 3.8) is 0 Å². The molecule has 0 bridgehead atoms. The van der Waals surface area contributed by atoms with Crippen molar-refractivity contribution >= 4 is 33.2 Å². The summed E-state index contributed by atoms with van der Waals surface area (Å²) in [7, 11) is -3.77. The Morgan fingerprint density at radius 1 is 1.32 bits per heavy atom. The maximum Gasteiger partial charge on any atom is 0.255 e. The summed E-state index contributed by atoms with van der Waals surface area (Å²) in [4.78, 5) is 12.0. The van der Waals surface area contributed by atoms with Gasteiger partial charge in [0.1, 0.15) is 4.90 Å². The van der Waals surface area contributed by atoms with Crippen molar-refractivity contribution in [1.29, 1.82) is 0 Å². The van der Waals surface area contributed by atoms with E-state index in [2.05, 4.69) is 15.4 Å². The van der Waals surface area contributed by atoms with E-state index in [1.807, 2.05) is 13.8 Å². The Morgan fingerprint density at radius 3 is 2.59 bits per heavy atom. The lowest BCUT2D eigenvalue weighted by Gasteiger charge is -2.27. The van der Waals surface area contributed by atoms with E-state index in [1.165, 1.54) is 12.1 Å². The molecule has 0 radical (unpaired) electrons. The van der Waals surface area contributed by atoms with E-state index in [1.54, 1.807) is 6.92 Å². The fraction of sp³-hybridized carbons (Fsp3) is 0.500. The molecule has 1 amide bonds. The molecule has 1 aromatic rings. The zero-order valence-corrected chi connectivity index (χ0v) is 14.3. The highest BCUT2D eigenvalue weighted by molar-refractivity contribution is 7.89.